The summed E-state index contributed by atoms with van der Waals surface area (Å²) in [5, 5.41) is 13.5. The number of rotatable bonds is 14. The molecule has 1 aromatic rings. The van der Waals surface area contributed by atoms with Gasteiger partial charge < -0.3 is 30.7 Å². The number of ether oxygens (including phenoxy) is 1. The minimum absolute atomic E-state index is 0.0160. The van der Waals surface area contributed by atoms with Crippen LogP contribution < -0.4 is 11.1 Å². The molecule has 0 bridgehead atoms. The summed E-state index contributed by atoms with van der Waals surface area (Å²) >= 11 is 0. The maximum absolute atomic E-state index is 14.9. The molecule has 1 unspecified atom stereocenters. The first kappa shape index (κ1) is 33.2. The highest BCUT2D eigenvalue weighted by molar-refractivity contribution is 5.99. The quantitative estimate of drug-likeness (QED) is 0.299. The van der Waals surface area contributed by atoms with E-state index in [0.717, 1.165) is 18.2 Å². The minimum atomic E-state index is -1.87. The summed E-state index contributed by atoms with van der Waals surface area (Å²) in [4.78, 5) is 42.5. The predicted octanol–water partition coefficient (Wildman–Crippen LogP) is 3.98. The molecule has 1 heterocycles. The molecule has 2 aliphatic rings. The highest BCUT2D eigenvalue weighted by Gasteiger charge is 2.56. The number of carboxylic acids is 1. The SMILES string of the molecule is CCCN(CCC)C(=O)C1(c2cc(F)cc(F)c2)C([C@@H](CC)CNC[C@H]2CN(CC)C(=O)O2)=C(C)C=C(C(=O)O)[C@H]1N. The van der Waals surface area contributed by atoms with Crippen molar-refractivity contribution in [2.24, 2.45) is 11.7 Å². The van der Waals surface area contributed by atoms with Crippen molar-refractivity contribution in [1.29, 1.82) is 0 Å². The number of benzene rings is 1. The zero-order chi connectivity index (χ0) is 31.2. The van der Waals surface area contributed by atoms with E-state index in [-0.39, 0.29) is 29.3 Å². The zero-order valence-corrected chi connectivity index (χ0v) is 25.2. The lowest BCUT2D eigenvalue weighted by Gasteiger charge is -2.48. The molecule has 1 fully saturated rings. The van der Waals surface area contributed by atoms with Crippen LogP contribution in [0.2, 0.25) is 0 Å². The topological polar surface area (TPSA) is 125 Å². The van der Waals surface area contributed by atoms with Crippen LogP contribution in [0.4, 0.5) is 13.6 Å². The van der Waals surface area contributed by atoms with Crippen LogP contribution in [0.25, 0.3) is 0 Å². The summed E-state index contributed by atoms with van der Waals surface area (Å²) in [6.45, 7) is 11.8. The van der Waals surface area contributed by atoms with Gasteiger partial charge in [-0.2, -0.15) is 0 Å². The Hall–Kier alpha value is -3.31. The summed E-state index contributed by atoms with van der Waals surface area (Å²) in [6, 6.07) is 1.48. The Morgan fingerprint density at radius 3 is 2.29 bits per heavy atom. The number of carbonyl (C=O) groups excluding carboxylic acids is 2. The zero-order valence-electron chi connectivity index (χ0n) is 25.2. The van der Waals surface area contributed by atoms with E-state index >= 15 is 0 Å². The molecule has 3 rings (SSSR count). The third kappa shape index (κ3) is 6.52. The number of amides is 2. The number of nitrogens with two attached hydrogens (primary N) is 1. The van der Waals surface area contributed by atoms with Crippen molar-refractivity contribution in [2.45, 2.75) is 71.4 Å². The molecule has 0 radical (unpaired) electrons. The van der Waals surface area contributed by atoms with Crippen LogP contribution in [0.5, 0.6) is 0 Å². The molecule has 1 saturated heterocycles. The van der Waals surface area contributed by atoms with Crippen molar-refractivity contribution in [3.05, 3.63) is 58.2 Å². The first-order valence-electron chi connectivity index (χ1n) is 14.8. The van der Waals surface area contributed by atoms with Crippen molar-refractivity contribution in [3.63, 3.8) is 0 Å². The van der Waals surface area contributed by atoms with E-state index in [9.17, 15) is 28.3 Å². The second-order valence-electron chi connectivity index (χ2n) is 11.0. The van der Waals surface area contributed by atoms with Gasteiger partial charge in [0.05, 0.1) is 18.2 Å². The normalized spacial score (nSPS) is 23.1. The van der Waals surface area contributed by atoms with Gasteiger partial charge in [-0.05, 0) is 73.9 Å². The first-order chi connectivity index (χ1) is 20.0. The molecular weight excluding hydrogens is 546 g/mol. The Morgan fingerprint density at radius 2 is 1.79 bits per heavy atom. The molecule has 9 nitrogen and oxygen atoms in total. The van der Waals surface area contributed by atoms with Gasteiger partial charge in [-0.15, -0.1) is 0 Å². The molecule has 1 aliphatic carbocycles. The Kier molecular flexibility index (Phi) is 11.3. The number of allylic oxidation sites excluding steroid dienone is 2. The van der Waals surface area contributed by atoms with Crippen molar-refractivity contribution in [2.75, 3.05) is 39.3 Å². The van der Waals surface area contributed by atoms with Gasteiger partial charge in [0, 0.05) is 38.8 Å². The third-order valence-electron chi connectivity index (χ3n) is 8.19. The fraction of sp³-hybridized carbons (Fsp3) is 0.581. The smallest absolute Gasteiger partial charge is 0.410 e. The van der Waals surface area contributed by atoms with Gasteiger partial charge in [-0.25, -0.2) is 18.4 Å². The lowest BCUT2D eigenvalue weighted by Crippen LogP contribution is -2.62. The molecule has 232 valence electrons. The van der Waals surface area contributed by atoms with E-state index in [0.29, 0.717) is 69.7 Å². The summed E-state index contributed by atoms with van der Waals surface area (Å²) in [6.07, 6.45) is 2.51. The van der Waals surface area contributed by atoms with Crippen molar-refractivity contribution in [1.82, 2.24) is 15.1 Å². The van der Waals surface area contributed by atoms with Crippen LogP contribution in [0.15, 0.2) is 41.0 Å². The van der Waals surface area contributed by atoms with E-state index in [1.807, 2.05) is 27.7 Å². The maximum Gasteiger partial charge on any atom is 0.410 e. The molecular formula is C31H44F2N4O5. The van der Waals surface area contributed by atoms with E-state index < -0.39 is 35.0 Å². The lowest BCUT2D eigenvalue weighted by molar-refractivity contribution is -0.137. The summed E-state index contributed by atoms with van der Waals surface area (Å²) in [5.41, 5.74) is 5.73. The number of carboxylic acid groups (broad SMARTS) is 1. The molecule has 4 atom stereocenters. The summed E-state index contributed by atoms with van der Waals surface area (Å²) in [7, 11) is 0. The fourth-order valence-electron chi connectivity index (χ4n) is 6.35. The molecule has 42 heavy (non-hydrogen) atoms. The number of hydrogen-bond acceptors (Lipinski definition) is 6. The minimum Gasteiger partial charge on any atom is -0.478 e. The van der Waals surface area contributed by atoms with Crippen LogP contribution >= 0.6 is 0 Å². The largest absolute Gasteiger partial charge is 0.478 e. The Balaban J connectivity index is 2.20. The number of likely N-dealkylation sites (N-methyl/N-ethyl adjacent to an activating group) is 1. The number of carbonyl (C=O) groups is 3. The second-order valence-corrected chi connectivity index (χ2v) is 11.0. The molecule has 1 aromatic carbocycles. The fourth-order valence-corrected chi connectivity index (χ4v) is 6.35. The molecule has 0 saturated carbocycles. The third-order valence-corrected chi connectivity index (χ3v) is 8.19. The molecule has 0 aromatic heterocycles. The standard InChI is InChI=1S/C31H44F2N4O5/c1-6-10-37(11-7-2)29(40)31(21-13-22(32)15-23(33)14-21)26(19(5)12-25(27(31)34)28(38)39)20(8-3)16-35-17-24-18-36(9-4)30(41)42-24/h12-15,20,24,27,35H,6-11,16-18,34H2,1-5H3,(H,38,39)/t20-,24-,27+,31?/m0/s1. The second kappa shape index (κ2) is 14.2. The number of nitrogens with one attached hydrogen (secondary N) is 1. The van der Waals surface area contributed by atoms with Crippen LogP contribution in [0.1, 0.15) is 59.4 Å². The lowest BCUT2D eigenvalue weighted by atomic mass is 9.58. The number of halogens is 2. The molecule has 2 amide bonds. The Morgan fingerprint density at radius 1 is 1.17 bits per heavy atom. The maximum atomic E-state index is 14.9. The van der Waals surface area contributed by atoms with Crippen molar-refractivity contribution < 1.29 is 33.0 Å². The van der Waals surface area contributed by atoms with E-state index in [2.05, 4.69) is 5.32 Å². The van der Waals surface area contributed by atoms with Crippen LogP contribution in [-0.4, -0.2) is 84.3 Å². The summed E-state index contributed by atoms with van der Waals surface area (Å²) in [5.74, 6) is -3.93. The Labute approximate surface area is 246 Å². The van der Waals surface area contributed by atoms with Crippen LogP contribution in [-0.2, 0) is 19.7 Å². The van der Waals surface area contributed by atoms with Gasteiger partial charge in [0.25, 0.3) is 0 Å². The number of cyclic esters (lactones) is 1. The van der Waals surface area contributed by atoms with Gasteiger partial charge in [0.2, 0.25) is 5.91 Å². The molecule has 0 spiro atoms. The predicted molar refractivity (Wildman–Crippen MR) is 156 cm³/mol. The molecule has 1 aliphatic heterocycles. The van der Waals surface area contributed by atoms with Gasteiger partial charge >= 0.3 is 12.1 Å². The first-order valence-corrected chi connectivity index (χ1v) is 14.8. The monoisotopic (exact) mass is 590 g/mol. The van der Waals surface area contributed by atoms with E-state index in [4.69, 9.17) is 10.5 Å². The van der Waals surface area contributed by atoms with E-state index in [1.54, 1.807) is 16.7 Å². The van der Waals surface area contributed by atoms with Gasteiger partial charge in [-0.1, -0.05) is 20.8 Å². The molecule has 4 N–H and O–H groups in total. The Bertz CT molecular complexity index is 1210. The van der Waals surface area contributed by atoms with Crippen molar-refractivity contribution >= 4 is 18.0 Å². The van der Waals surface area contributed by atoms with Crippen molar-refractivity contribution in [3.8, 4) is 0 Å². The number of hydrogen-bond donors (Lipinski definition) is 3. The highest BCUT2D eigenvalue weighted by Crippen LogP contribution is 2.48. The van der Waals surface area contributed by atoms with Gasteiger partial charge in [0.1, 0.15) is 23.2 Å². The summed E-state index contributed by atoms with van der Waals surface area (Å²) < 4.78 is 35.2. The number of aliphatic carboxylic acids is 1. The van der Waals surface area contributed by atoms with Crippen LogP contribution in [0.3, 0.4) is 0 Å². The van der Waals surface area contributed by atoms with Gasteiger partial charge in [0.15, 0.2) is 0 Å². The average molecular weight is 591 g/mol. The number of nitrogens with zero attached hydrogens (tertiary/aromatic N) is 2. The highest BCUT2D eigenvalue weighted by atomic mass is 19.1. The molecule has 11 heteroatoms. The average Bonchev–Trinajstić information content (AvgIpc) is 3.30. The van der Waals surface area contributed by atoms with Crippen LogP contribution in [0, 0.1) is 17.6 Å². The van der Waals surface area contributed by atoms with Gasteiger partial charge in [-0.3, -0.25) is 4.79 Å². The van der Waals surface area contributed by atoms with E-state index in [1.165, 1.54) is 6.08 Å².